The summed E-state index contributed by atoms with van der Waals surface area (Å²) < 4.78 is 1.62. The maximum absolute atomic E-state index is 11.9. The van der Waals surface area contributed by atoms with Gasteiger partial charge in [0.05, 0.1) is 17.1 Å². The van der Waals surface area contributed by atoms with Gasteiger partial charge < -0.3 is 11.1 Å². The summed E-state index contributed by atoms with van der Waals surface area (Å²) in [6.45, 7) is 0. The van der Waals surface area contributed by atoms with Gasteiger partial charge in [-0.15, -0.1) is 5.10 Å². The molecule has 0 radical (unpaired) electrons. The van der Waals surface area contributed by atoms with E-state index < -0.39 is 0 Å². The molecule has 3 rings (SSSR count). The lowest BCUT2D eigenvalue weighted by atomic mass is 10.3. The number of amides is 1. The largest absolute Gasteiger partial charge is 0.397 e. The molecule has 0 unspecified atom stereocenters. The molecular formula is C13H15N5O2S. The van der Waals surface area contributed by atoms with Crippen LogP contribution in [0.1, 0.15) is 18.9 Å². The van der Waals surface area contributed by atoms with Crippen molar-refractivity contribution >= 4 is 29.0 Å². The molecule has 1 saturated carbocycles. The molecule has 0 atom stereocenters. The minimum atomic E-state index is -0.215. The number of nitrogens with one attached hydrogen (secondary N) is 2. The molecule has 0 bridgehead atoms. The van der Waals surface area contributed by atoms with E-state index in [0.29, 0.717) is 16.5 Å². The molecule has 0 aliphatic heterocycles. The number of carbonyl (C=O) groups excluding carboxylic acids is 1. The van der Waals surface area contributed by atoms with Crippen LogP contribution in [0.25, 0.3) is 0 Å². The van der Waals surface area contributed by atoms with E-state index in [2.05, 4.69) is 15.5 Å². The van der Waals surface area contributed by atoms with E-state index in [0.717, 1.165) is 12.8 Å². The highest BCUT2D eigenvalue weighted by atomic mass is 32.2. The molecule has 1 aliphatic carbocycles. The summed E-state index contributed by atoms with van der Waals surface area (Å²) in [6, 6.07) is 7.30. The van der Waals surface area contributed by atoms with Gasteiger partial charge in [-0.05, 0) is 25.0 Å². The van der Waals surface area contributed by atoms with Gasteiger partial charge in [0.15, 0.2) is 5.16 Å². The first kappa shape index (κ1) is 13.7. The molecule has 0 spiro atoms. The van der Waals surface area contributed by atoms with Crippen LogP contribution in [-0.4, -0.2) is 26.4 Å². The van der Waals surface area contributed by atoms with Crippen LogP contribution in [0.5, 0.6) is 0 Å². The number of nitrogen functional groups attached to an aromatic ring is 1. The molecule has 1 heterocycles. The van der Waals surface area contributed by atoms with Crippen LogP contribution in [0, 0.1) is 0 Å². The maximum atomic E-state index is 11.9. The second kappa shape index (κ2) is 5.65. The summed E-state index contributed by atoms with van der Waals surface area (Å²) in [6.07, 6.45) is 1.97. The van der Waals surface area contributed by atoms with Crippen LogP contribution in [0.4, 0.5) is 11.4 Å². The van der Waals surface area contributed by atoms with Crippen LogP contribution >= 0.6 is 11.8 Å². The number of aromatic nitrogens is 3. The fourth-order valence-electron chi connectivity index (χ4n) is 1.97. The van der Waals surface area contributed by atoms with Crippen molar-refractivity contribution in [1.82, 2.24) is 14.8 Å². The number of H-pyrrole nitrogens is 1. The third kappa shape index (κ3) is 3.10. The maximum Gasteiger partial charge on any atom is 0.344 e. The monoisotopic (exact) mass is 305 g/mol. The van der Waals surface area contributed by atoms with Gasteiger partial charge in [-0.25, -0.2) is 9.89 Å². The zero-order valence-electron chi connectivity index (χ0n) is 11.2. The van der Waals surface area contributed by atoms with Crippen molar-refractivity contribution in [1.29, 1.82) is 0 Å². The van der Waals surface area contributed by atoms with Crippen molar-refractivity contribution < 1.29 is 4.79 Å². The van der Waals surface area contributed by atoms with Crippen molar-refractivity contribution in [2.45, 2.75) is 24.0 Å². The first-order chi connectivity index (χ1) is 10.1. The first-order valence-electron chi connectivity index (χ1n) is 6.59. The minimum Gasteiger partial charge on any atom is -0.397 e. The van der Waals surface area contributed by atoms with E-state index in [-0.39, 0.29) is 23.4 Å². The van der Waals surface area contributed by atoms with Crippen LogP contribution < -0.4 is 16.7 Å². The van der Waals surface area contributed by atoms with Gasteiger partial charge in [0.2, 0.25) is 5.91 Å². The number of benzene rings is 1. The van der Waals surface area contributed by atoms with Gasteiger partial charge in [0.25, 0.3) is 0 Å². The van der Waals surface area contributed by atoms with E-state index in [4.69, 9.17) is 5.73 Å². The van der Waals surface area contributed by atoms with Crippen LogP contribution in [0.15, 0.2) is 34.2 Å². The van der Waals surface area contributed by atoms with E-state index in [1.807, 2.05) is 0 Å². The van der Waals surface area contributed by atoms with Gasteiger partial charge in [0.1, 0.15) is 0 Å². The van der Waals surface area contributed by atoms with Crippen molar-refractivity contribution in [3.63, 3.8) is 0 Å². The quantitative estimate of drug-likeness (QED) is 0.569. The SMILES string of the molecule is Nc1ccccc1NC(=O)CSc1n[nH]c(=O)n1C1CC1. The Balaban J connectivity index is 1.62. The third-order valence-electron chi connectivity index (χ3n) is 3.15. The predicted octanol–water partition coefficient (Wildman–Crippen LogP) is 1.22. The number of aromatic amines is 1. The second-order valence-corrected chi connectivity index (χ2v) is 5.78. The van der Waals surface area contributed by atoms with Crippen LogP contribution in [0.3, 0.4) is 0 Å². The number of anilines is 2. The molecule has 1 aliphatic rings. The highest BCUT2D eigenvalue weighted by Gasteiger charge is 2.28. The van der Waals surface area contributed by atoms with E-state index >= 15 is 0 Å². The summed E-state index contributed by atoms with van der Waals surface area (Å²) in [5, 5.41) is 9.68. The van der Waals surface area contributed by atoms with Crippen molar-refractivity contribution in [2.24, 2.45) is 0 Å². The Morgan fingerprint density at radius 2 is 2.24 bits per heavy atom. The standard InChI is InChI=1S/C13H15N5O2S/c14-9-3-1-2-4-10(9)15-11(19)7-21-13-17-16-12(20)18(13)8-5-6-8/h1-4,8H,5-7,14H2,(H,15,19)(H,16,20). The Bertz CT molecular complexity index is 719. The summed E-state index contributed by atoms with van der Waals surface area (Å²) in [7, 11) is 0. The molecule has 21 heavy (non-hydrogen) atoms. The fraction of sp³-hybridized carbons (Fsp3) is 0.308. The van der Waals surface area contributed by atoms with Gasteiger partial charge >= 0.3 is 5.69 Å². The van der Waals surface area contributed by atoms with Crippen molar-refractivity contribution in [3.8, 4) is 0 Å². The Labute approximate surface area is 124 Å². The lowest BCUT2D eigenvalue weighted by Crippen LogP contribution is -2.18. The molecule has 0 saturated heterocycles. The lowest BCUT2D eigenvalue weighted by Gasteiger charge is -2.07. The summed E-state index contributed by atoms with van der Waals surface area (Å²) in [5.41, 5.74) is 6.66. The van der Waals surface area contributed by atoms with Gasteiger partial charge in [-0.1, -0.05) is 23.9 Å². The van der Waals surface area contributed by atoms with Crippen molar-refractivity contribution in [2.75, 3.05) is 16.8 Å². The summed E-state index contributed by atoms with van der Waals surface area (Å²) in [5.74, 6) is -0.0126. The number of nitrogens with two attached hydrogens (primary N) is 1. The van der Waals surface area contributed by atoms with Crippen LogP contribution in [-0.2, 0) is 4.79 Å². The molecular weight excluding hydrogens is 290 g/mol. The number of hydrogen-bond acceptors (Lipinski definition) is 5. The minimum absolute atomic E-state index is 0.172. The Hall–Kier alpha value is -2.22. The highest BCUT2D eigenvalue weighted by molar-refractivity contribution is 7.99. The Kier molecular flexibility index (Phi) is 3.70. The number of nitrogens with zero attached hydrogens (tertiary/aromatic N) is 2. The third-order valence-corrected chi connectivity index (χ3v) is 4.10. The number of rotatable bonds is 5. The molecule has 1 aromatic heterocycles. The van der Waals surface area contributed by atoms with Crippen LogP contribution in [0.2, 0.25) is 0 Å². The predicted molar refractivity (Wildman–Crippen MR) is 81.3 cm³/mol. The zero-order chi connectivity index (χ0) is 14.8. The molecule has 1 aromatic carbocycles. The molecule has 1 amide bonds. The van der Waals surface area contributed by atoms with E-state index in [1.54, 1.807) is 28.8 Å². The molecule has 2 aromatic rings. The van der Waals surface area contributed by atoms with Gasteiger partial charge in [-0.3, -0.25) is 9.36 Å². The second-order valence-electron chi connectivity index (χ2n) is 4.84. The topological polar surface area (TPSA) is 106 Å². The molecule has 4 N–H and O–H groups in total. The Morgan fingerprint density at radius 3 is 2.95 bits per heavy atom. The van der Waals surface area contributed by atoms with Crippen molar-refractivity contribution in [3.05, 3.63) is 34.7 Å². The average Bonchev–Trinajstić information content (AvgIpc) is 3.23. The van der Waals surface area contributed by atoms with E-state index in [9.17, 15) is 9.59 Å². The average molecular weight is 305 g/mol. The molecule has 1 fully saturated rings. The molecule has 8 heteroatoms. The zero-order valence-corrected chi connectivity index (χ0v) is 12.0. The van der Waals surface area contributed by atoms with E-state index in [1.165, 1.54) is 11.8 Å². The summed E-state index contributed by atoms with van der Waals surface area (Å²) >= 11 is 1.24. The lowest BCUT2D eigenvalue weighted by molar-refractivity contribution is -0.113. The molecule has 7 nitrogen and oxygen atoms in total. The fourth-order valence-corrected chi connectivity index (χ4v) is 2.79. The first-order valence-corrected chi connectivity index (χ1v) is 7.58. The number of para-hydroxylation sites is 2. The normalized spacial score (nSPS) is 14.1. The number of hydrogen-bond donors (Lipinski definition) is 3. The van der Waals surface area contributed by atoms with Gasteiger partial charge in [-0.2, -0.15) is 0 Å². The Morgan fingerprint density at radius 1 is 1.48 bits per heavy atom. The summed E-state index contributed by atoms with van der Waals surface area (Å²) in [4.78, 5) is 23.5. The smallest absolute Gasteiger partial charge is 0.344 e. The van der Waals surface area contributed by atoms with Gasteiger partial charge in [0, 0.05) is 6.04 Å². The number of carbonyl (C=O) groups is 1. The molecule has 110 valence electrons. The number of thioether (sulfide) groups is 1. The highest BCUT2D eigenvalue weighted by Crippen LogP contribution is 2.36.